The summed E-state index contributed by atoms with van der Waals surface area (Å²) in [6.45, 7) is 1.46. The van der Waals surface area contributed by atoms with Crippen LogP contribution in [0.1, 0.15) is 16.6 Å². The first-order valence-electron chi connectivity index (χ1n) is 7.83. The lowest BCUT2D eigenvalue weighted by Crippen LogP contribution is -2.62. The van der Waals surface area contributed by atoms with Crippen LogP contribution in [0.25, 0.3) is 0 Å². The molecule has 2 atom stereocenters. The fraction of sp³-hybridized carbons (Fsp3) is 0.533. The summed E-state index contributed by atoms with van der Waals surface area (Å²) in [5.41, 5.74) is 0. The Morgan fingerprint density at radius 3 is 2.58 bits per heavy atom. The van der Waals surface area contributed by atoms with Gasteiger partial charge in [0.1, 0.15) is 12.1 Å². The summed E-state index contributed by atoms with van der Waals surface area (Å²) in [6, 6.07) is 1.40. The summed E-state index contributed by atoms with van der Waals surface area (Å²) in [6.07, 6.45) is 1.05. The number of nitrogens with one attached hydrogen (secondary N) is 1. The van der Waals surface area contributed by atoms with E-state index in [1.54, 1.807) is 17.5 Å². The van der Waals surface area contributed by atoms with Gasteiger partial charge in [-0.05, 0) is 18.4 Å². The number of nitrogens with zero attached hydrogens (tertiary/aromatic N) is 2. The lowest BCUT2D eigenvalue weighted by atomic mass is 10.1. The molecule has 0 unspecified atom stereocenters. The summed E-state index contributed by atoms with van der Waals surface area (Å²) in [4.78, 5) is 38.7. The highest BCUT2D eigenvalue weighted by molar-refractivity contribution is 7.88. The van der Waals surface area contributed by atoms with Crippen LogP contribution in [-0.4, -0.2) is 80.5 Å². The summed E-state index contributed by atoms with van der Waals surface area (Å²) in [7, 11) is -2.32. The number of hydrogen-bond acceptors (Lipinski definition) is 7. The standard InChI is InChI=1S/C15H21N3O6S2/c1-10(15(21)24-2)16-13(19)11-9-17(26(3,22)23)6-7-18(11)14(20)12-5-4-8-25-12/h4-5,8,10-11H,6-7,9H2,1-3H3,(H,16,19)/t10-,11-/m1/s1. The number of thiophene rings is 1. The first-order chi connectivity index (χ1) is 12.1. The number of methoxy groups -OCH3 is 1. The molecule has 9 nitrogen and oxygen atoms in total. The highest BCUT2D eigenvalue weighted by Gasteiger charge is 2.39. The molecule has 1 N–H and O–H groups in total. The maximum atomic E-state index is 12.7. The Morgan fingerprint density at radius 2 is 2.04 bits per heavy atom. The Hall–Kier alpha value is -1.98. The Kier molecular flexibility index (Phi) is 6.37. The van der Waals surface area contributed by atoms with Crippen molar-refractivity contribution in [2.75, 3.05) is 33.0 Å². The zero-order valence-electron chi connectivity index (χ0n) is 14.7. The van der Waals surface area contributed by atoms with E-state index in [-0.39, 0.29) is 25.5 Å². The Labute approximate surface area is 156 Å². The third-order valence-electron chi connectivity index (χ3n) is 4.02. The number of ether oxygens (including phenoxy) is 1. The molecule has 0 saturated carbocycles. The minimum Gasteiger partial charge on any atom is -0.467 e. The van der Waals surface area contributed by atoms with Gasteiger partial charge in [0.25, 0.3) is 5.91 Å². The first-order valence-corrected chi connectivity index (χ1v) is 10.6. The maximum absolute atomic E-state index is 12.7. The van der Waals surface area contributed by atoms with Crippen molar-refractivity contribution in [2.45, 2.75) is 19.0 Å². The van der Waals surface area contributed by atoms with Crippen LogP contribution < -0.4 is 5.32 Å². The average molecular weight is 403 g/mol. The van der Waals surface area contributed by atoms with Crippen molar-refractivity contribution in [1.82, 2.24) is 14.5 Å². The molecule has 0 radical (unpaired) electrons. The molecule has 1 saturated heterocycles. The fourth-order valence-electron chi connectivity index (χ4n) is 2.61. The average Bonchev–Trinajstić information content (AvgIpc) is 3.13. The number of rotatable bonds is 5. The highest BCUT2D eigenvalue weighted by atomic mass is 32.2. The van der Waals surface area contributed by atoms with Crippen LogP contribution in [0.3, 0.4) is 0 Å². The predicted molar refractivity (Wildman–Crippen MR) is 95.2 cm³/mol. The molecule has 2 heterocycles. The van der Waals surface area contributed by atoms with E-state index in [2.05, 4.69) is 10.1 Å². The van der Waals surface area contributed by atoms with E-state index in [0.29, 0.717) is 4.88 Å². The van der Waals surface area contributed by atoms with E-state index in [9.17, 15) is 22.8 Å². The van der Waals surface area contributed by atoms with Crippen molar-refractivity contribution in [3.63, 3.8) is 0 Å². The predicted octanol–water partition coefficient (Wildman–Crippen LogP) is -0.488. The summed E-state index contributed by atoms with van der Waals surface area (Å²) < 4.78 is 29.4. The zero-order chi connectivity index (χ0) is 19.5. The van der Waals surface area contributed by atoms with Crippen molar-refractivity contribution in [2.24, 2.45) is 0 Å². The van der Waals surface area contributed by atoms with Crippen LogP contribution in [0, 0.1) is 0 Å². The second-order valence-corrected chi connectivity index (χ2v) is 8.80. The molecule has 1 aliphatic rings. The zero-order valence-corrected chi connectivity index (χ0v) is 16.3. The van der Waals surface area contributed by atoms with E-state index < -0.39 is 34.0 Å². The summed E-state index contributed by atoms with van der Waals surface area (Å²) >= 11 is 1.24. The van der Waals surface area contributed by atoms with Gasteiger partial charge < -0.3 is 15.0 Å². The Morgan fingerprint density at radius 1 is 1.35 bits per heavy atom. The lowest BCUT2D eigenvalue weighted by Gasteiger charge is -2.39. The molecule has 26 heavy (non-hydrogen) atoms. The molecule has 2 rings (SSSR count). The smallest absolute Gasteiger partial charge is 0.328 e. The van der Waals surface area contributed by atoms with Gasteiger partial charge in [-0.2, -0.15) is 4.31 Å². The molecule has 0 aromatic carbocycles. The van der Waals surface area contributed by atoms with Crippen LogP contribution in [0.4, 0.5) is 0 Å². The van der Waals surface area contributed by atoms with E-state index in [0.717, 1.165) is 10.6 Å². The van der Waals surface area contributed by atoms with E-state index in [1.807, 2.05) is 0 Å². The van der Waals surface area contributed by atoms with Gasteiger partial charge in [-0.3, -0.25) is 9.59 Å². The molecule has 1 aromatic rings. The lowest BCUT2D eigenvalue weighted by molar-refractivity contribution is -0.145. The monoisotopic (exact) mass is 403 g/mol. The maximum Gasteiger partial charge on any atom is 0.328 e. The van der Waals surface area contributed by atoms with Crippen LogP contribution in [0.2, 0.25) is 0 Å². The molecule has 144 valence electrons. The number of sulfonamides is 1. The van der Waals surface area contributed by atoms with Crippen LogP contribution >= 0.6 is 11.3 Å². The van der Waals surface area contributed by atoms with Crippen LogP contribution in [-0.2, 0) is 24.3 Å². The third kappa shape index (κ3) is 4.59. The molecule has 2 amide bonds. The van der Waals surface area contributed by atoms with Gasteiger partial charge in [-0.1, -0.05) is 6.07 Å². The highest BCUT2D eigenvalue weighted by Crippen LogP contribution is 2.19. The van der Waals surface area contributed by atoms with Gasteiger partial charge in [-0.25, -0.2) is 13.2 Å². The normalized spacial score (nSPS) is 19.7. The van der Waals surface area contributed by atoms with Crippen molar-refractivity contribution in [3.05, 3.63) is 22.4 Å². The van der Waals surface area contributed by atoms with Gasteiger partial charge in [0.2, 0.25) is 15.9 Å². The first kappa shape index (κ1) is 20.3. The SMILES string of the molecule is COC(=O)[C@@H](C)NC(=O)[C@H]1CN(S(C)(=O)=O)CCN1C(=O)c1cccs1. The topological polar surface area (TPSA) is 113 Å². The molecule has 1 fully saturated rings. The number of carbonyl (C=O) groups is 3. The number of esters is 1. The van der Waals surface area contributed by atoms with Crippen molar-refractivity contribution >= 4 is 39.1 Å². The molecule has 0 bridgehead atoms. The molecular weight excluding hydrogens is 382 g/mol. The summed E-state index contributed by atoms with van der Waals surface area (Å²) in [5.74, 6) is -1.59. The number of piperazine rings is 1. The fourth-order valence-corrected chi connectivity index (χ4v) is 4.12. The van der Waals surface area contributed by atoms with Gasteiger partial charge in [-0.15, -0.1) is 11.3 Å². The van der Waals surface area contributed by atoms with E-state index in [4.69, 9.17) is 0 Å². The van der Waals surface area contributed by atoms with Crippen molar-refractivity contribution in [3.8, 4) is 0 Å². The Balaban J connectivity index is 2.24. The number of carbonyl (C=O) groups excluding carboxylic acids is 3. The van der Waals surface area contributed by atoms with Crippen LogP contribution in [0.5, 0.6) is 0 Å². The summed E-state index contributed by atoms with van der Waals surface area (Å²) in [5, 5.41) is 4.22. The van der Waals surface area contributed by atoms with Gasteiger partial charge in [0.15, 0.2) is 0 Å². The Bertz CT molecular complexity index is 777. The van der Waals surface area contributed by atoms with Gasteiger partial charge in [0, 0.05) is 19.6 Å². The van der Waals surface area contributed by atoms with Crippen molar-refractivity contribution in [1.29, 1.82) is 0 Å². The molecule has 1 aliphatic heterocycles. The largest absolute Gasteiger partial charge is 0.467 e. The molecular formula is C15H21N3O6S2. The second-order valence-electron chi connectivity index (χ2n) is 5.87. The minimum atomic E-state index is -3.52. The second kappa shape index (κ2) is 8.14. The van der Waals surface area contributed by atoms with Crippen LogP contribution in [0.15, 0.2) is 17.5 Å². The molecule has 0 aliphatic carbocycles. The molecule has 0 spiro atoms. The molecule has 1 aromatic heterocycles. The van der Waals surface area contributed by atoms with E-state index >= 15 is 0 Å². The van der Waals surface area contributed by atoms with Crippen molar-refractivity contribution < 1.29 is 27.5 Å². The van der Waals surface area contributed by atoms with Gasteiger partial charge >= 0.3 is 5.97 Å². The van der Waals surface area contributed by atoms with Gasteiger partial charge in [0.05, 0.1) is 18.2 Å². The number of amides is 2. The number of hydrogen-bond donors (Lipinski definition) is 1. The quantitative estimate of drug-likeness (QED) is 0.664. The van der Waals surface area contributed by atoms with E-state index in [1.165, 1.54) is 30.3 Å². The minimum absolute atomic E-state index is 0.0779. The molecule has 11 heteroatoms. The third-order valence-corrected chi connectivity index (χ3v) is 6.15.